The van der Waals surface area contributed by atoms with Gasteiger partial charge in [0.1, 0.15) is 5.75 Å². The Kier molecular flexibility index (Phi) is 6.77. The zero-order chi connectivity index (χ0) is 25.2. The van der Waals surface area contributed by atoms with Crippen LogP contribution in [0.4, 0.5) is 0 Å². The molecule has 0 N–H and O–H groups in total. The van der Waals surface area contributed by atoms with E-state index in [1.165, 1.54) is 27.8 Å². The van der Waals surface area contributed by atoms with Gasteiger partial charge in [-0.15, -0.1) is 10.2 Å². The molecule has 1 aliphatic heterocycles. The summed E-state index contributed by atoms with van der Waals surface area (Å²) >= 11 is 6.37. The molecule has 0 bridgehead atoms. The van der Waals surface area contributed by atoms with E-state index < -0.39 is 0 Å². The number of piperidine rings is 1. The molecule has 0 saturated carbocycles. The summed E-state index contributed by atoms with van der Waals surface area (Å²) in [7, 11) is 0. The Bertz CT molecular complexity index is 1430. The maximum atomic E-state index is 6.37. The van der Waals surface area contributed by atoms with Crippen LogP contribution in [0.1, 0.15) is 48.0 Å². The molecule has 0 amide bonds. The Balaban J connectivity index is 1.20. The number of pyridine rings is 1. The minimum absolute atomic E-state index is 0.536. The lowest BCUT2D eigenvalue weighted by Crippen LogP contribution is -2.30. The van der Waals surface area contributed by atoms with Crippen molar-refractivity contribution in [3.05, 3.63) is 99.7 Å². The van der Waals surface area contributed by atoms with Gasteiger partial charge in [-0.2, -0.15) is 0 Å². The number of nitrogens with zero attached hydrogens (tertiary/aromatic N) is 4. The lowest BCUT2D eigenvalue weighted by Gasteiger charge is -2.29. The first-order chi connectivity index (χ1) is 18.2. The van der Waals surface area contributed by atoms with Crippen molar-refractivity contribution in [3.8, 4) is 17.2 Å². The SMILES string of the molecule is CCOc1ccc(-c2nnc(CN3CCC(=C4c5ccc(Cl)cc5CCc5cccnc54)CC3)o2)cc1. The maximum absolute atomic E-state index is 6.37. The number of halogens is 1. The molecular formula is C30H29ClN4O2. The van der Waals surface area contributed by atoms with Crippen LogP contribution in [0.15, 0.2) is 70.8 Å². The van der Waals surface area contributed by atoms with Gasteiger partial charge in [0.15, 0.2) is 0 Å². The van der Waals surface area contributed by atoms with Gasteiger partial charge in [0.2, 0.25) is 11.8 Å². The van der Waals surface area contributed by atoms with Gasteiger partial charge in [-0.05, 0) is 91.8 Å². The molecule has 7 heteroatoms. The van der Waals surface area contributed by atoms with Gasteiger partial charge in [0.05, 0.1) is 18.8 Å². The fraction of sp³-hybridized carbons (Fsp3) is 0.300. The molecule has 1 fully saturated rings. The summed E-state index contributed by atoms with van der Waals surface area (Å²) in [6.45, 7) is 5.13. The van der Waals surface area contributed by atoms with E-state index in [4.69, 9.17) is 25.7 Å². The van der Waals surface area contributed by atoms with Crippen molar-refractivity contribution < 1.29 is 9.15 Å². The van der Waals surface area contributed by atoms with Gasteiger partial charge in [-0.3, -0.25) is 9.88 Å². The third-order valence-electron chi connectivity index (χ3n) is 7.18. The molecule has 1 aliphatic carbocycles. The predicted octanol–water partition coefficient (Wildman–Crippen LogP) is 6.38. The van der Waals surface area contributed by atoms with Crippen LogP contribution in [0.25, 0.3) is 17.0 Å². The largest absolute Gasteiger partial charge is 0.494 e. The molecule has 2 aliphatic rings. The highest BCUT2D eigenvalue weighted by atomic mass is 35.5. The fourth-order valence-electron chi connectivity index (χ4n) is 5.35. The number of hydrogen-bond acceptors (Lipinski definition) is 6. The topological polar surface area (TPSA) is 64.3 Å². The molecule has 2 aromatic heterocycles. The molecule has 2 aromatic carbocycles. The highest BCUT2D eigenvalue weighted by molar-refractivity contribution is 6.30. The van der Waals surface area contributed by atoms with Gasteiger partial charge in [-0.1, -0.05) is 29.3 Å². The molecule has 3 heterocycles. The number of benzene rings is 2. The minimum Gasteiger partial charge on any atom is -0.494 e. The average Bonchev–Trinajstić information content (AvgIpc) is 3.32. The van der Waals surface area contributed by atoms with E-state index in [-0.39, 0.29) is 0 Å². The van der Waals surface area contributed by atoms with Crippen molar-refractivity contribution in [1.82, 2.24) is 20.1 Å². The summed E-state index contributed by atoms with van der Waals surface area (Å²) < 4.78 is 11.5. The van der Waals surface area contributed by atoms with E-state index in [9.17, 15) is 0 Å². The summed E-state index contributed by atoms with van der Waals surface area (Å²) in [5.41, 5.74) is 8.69. The summed E-state index contributed by atoms with van der Waals surface area (Å²) in [5, 5.41) is 9.37. The minimum atomic E-state index is 0.536. The standard InChI is InChI=1S/C30H29ClN4O2/c1-2-36-25-10-7-22(8-11-25)30-34-33-27(37-30)19-35-16-13-20(14-17-35)28-26-12-9-24(31)18-23(26)6-5-21-4-3-15-32-29(21)28/h3-4,7-12,15,18H,2,5-6,13-14,16-17,19H2,1H3. The zero-order valence-corrected chi connectivity index (χ0v) is 21.7. The van der Waals surface area contributed by atoms with Crippen molar-refractivity contribution >= 4 is 17.2 Å². The molecule has 6 nitrogen and oxygen atoms in total. The van der Waals surface area contributed by atoms with Crippen LogP contribution in [0, 0.1) is 0 Å². The van der Waals surface area contributed by atoms with Crippen LogP contribution in [-0.4, -0.2) is 39.8 Å². The van der Waals surface area contributed by atoms with Crippen molar-refractivity contribution in [3.63, 3.8) is 0 Å². The molecule has 188 valence electrons. The molecule has 37 heavy (non-hydrogen) atoms. The summed E-state index contributed by atoms with van der Waals surface area (Å²) in [5.74, 6) is 2.01. The van der Waals surface area contributed by atoms with Crippen LogP contribution in [0.5, 0.6) is 5.75 Å². The second-order valence-corrected chi connectivity index (χ2v) is 9.96. The normalized spacial score (nSPS) is 15.7. The van der Waals surface area contributed by atoms with E-state index in [2.05, 4.69) is 33.3 Å². The molecular weight excluding hydrogens is 484 g/mol. The highest BCUT2D eigenvalue weighted by Crippen LogP contribution is 2.38. The summed E-state index contributed by atoms with van der Waals surface area (Å²) in [4.78, 5) is 7.23. The lowest BCUT2D eigenvalue weighted by molar-refractivity contribution is 0.225. The Morgan fingerprint density at radius 3 is 2.57 bits per heavy atom. The summed E-state index contributed by atoms with van der Waals surface area (Å²) in [6.07, 6.45) is 5.83. The first-order valence-electron chi connectivity index (χ1n) is 12.9. The third-order valence-corrected chi connectivity index (χ3v) is 7.41. The van der Waals surface area contributed by atoms with E-state index >= 15 is 0 Å². The average molecular weight is 513 g/mol. The monoisotopic (exact) mass is 512 g/mol. The number of likely N-dealkylation sites (tertiary alicyclic amines) is 1. The number of rotatable bonds is 5. The van der Waals surface area contributed by atoms with E-state index in [0.717, 1.165) is 60.8 Å². The Labute approximate surface area is 222 Å². The van der Waals surface area contributed by atoms with Gasteiger partial charge in [-0.25, -0.2) is 0 Å². The van der Waals surface area contributed by atoms with Gasteiger partial charge in [0.25, 0.3) is 0 Å². The Hall–Kier alpha value is -3.48. The van der Waals surface area contributed by atoms with E-state index in [1.807, 2.05) is 49.5 Å². The second-order valence-electron chi connectivity index (χ2n) is 9.53. The van der Waals surface area contributed by atoms with Crippen molar-refractivity contribution in [1.29, 1.82) is 0 Å². The van der Waals surface area contributed by atoms with Gasteiger partial charge >= 0.3 is 0 Å². The van der Waals surface area contributed by atoms with E-state index in [0.29, 0.717) is 24.9 Å². The van der Waals surface area contributed by atoms with Crippen LogP contribution in [-0.2, 0) is 19.4 Å². The zero-order valence-electron chi connectivity index (χ0n) is 20.9. The first kappa shape index (κ1) is 23.9. The van der Waals surface area contributed by atoms with Gasteiger partial charge in [0, 0.05) is 35.4 Å². The molecule has 0 spiro atoms. The molecule has 4 aromatic rings. The quantitative estimate of drug-likeness (QED) is 0.309. The van der Waals surface area contributed by atoms with Gasteiger partial charge < -0.3 is 9.15 Å². The lowest BCUT2D eigenvalue weighted by atomic mass is 9.88. The van der Waals surface area contributed by atoms with Crippen LogP contribution < -0.4 is 4.74 Å². The number of aryl methyl sites for hydroxylation is 2. The van der Waals surface area contributed by atoms with Crippen LogP contribution >= 0.6 is 11.6 Å². The maximum Gasteiger partial charge on any atom is 0.247 e. The van der Waals surface area contributed by atoms with Crippen molar-refractivity contribution in [2.45, 2.75) is 39.2 Å². The Morgan fingerprint density at radius 1 is 0.946 bits per heavy atom. The molecule has 0 radical (unpaired) electrons. The molecule has 0 unspecified atom stereocenters. The predicted molar refractivity (Wildman–Crippen MR) is 145 cm³/mol. The van der Waals surface area contributed by atoms with Crippen LogP contribution in [0.3, 0.4) is 0 Å². The smallest absolute Gasteiger partial charge is 0.247 e. The van der Waals surface area contributed by atoms with E-state index in [1.54, 1.807) is 0 Å². The number of aromatic nitrogens is 3. The third kappa shape index (κ3) is 5.04. The van der Waals surface area contributed by atoms with Crippen LogP contribution in [0.2, 0.25) is 5.02 Å². The fourth-order valence-corrected chi connectivity index (χ4v) is 5.54. The number of fused-ring (bicyclic) bond motifs is 2. The number of ether oxygens (including phenoxy) is 1. The molecule has 6 rings (SSSR count). The second kappa shape index (κ2) is 10.5. The molecule has 0 atom stereocenters. The highest BCUT2D eigenvalue weighted by Gasteiger charge is 2.25. The number of hydrogen-bond donors (Lipinski definition) is 0. The Morgan fingerprint density at radius 2 is 1.76 bits per heavy atom. The van der Waals surface area contributed by atoms with Crippen molar-refractivity contribution in [2.24, 2.45) is 0 Å². The van der Waals surface area contributed by atoms with Crippen molar-refractivity contribution in [2.75, 3.05) is 19.7 Å². The summed E-state index contributed by atoms with van der Waals surface area (Å²) in [6, 6.07) is 18.3. The molecule has 1 saturated heterocycles. The first-order valence-corrected chi connectivity index (χ1v) is 13.3.